The molecule has 1 aliphatic heterocycles. The molecule has 1 aromatic carbocycles. The van der Waals surface area contributed by atoms with Gasteiger partial charge in [0.1, 0.15) is 0 Å². The minimum absolute atomic E-state index is 0.0466. The summed E-state index contributed by atoms with van der Waals surface area (Å²) in [5, 5.41) is 5.89. The second-order valence-corrected chi connectivity index (χ2v) is 7.56. The number of nitrogens with zero attached hydrogens (tertiary/aromatic N) is 1. The zero-order valence-electron chi connectivity index (χ0n) is 15.2. The highest BCUT2D eigenvalue weighted by atomic mass is 32.1. The number of rotatable bonds is 4. The molecule has 0 unspecified atom stereocenters. The molecule has 1 aromatic rings. The molecule has 136 valence electrons. The first-order chi connectivity index (χ1) is 11.8. The third-order valence-corrected chi connectivity index (χ3v) is 4.49. The van der Waals surface area contributed by atoms with Crippen molar-refractivity contribution in [3.05, 3.63) is 29.8 Å². The van der Waals surface area contributed by atoms with E-state index in [1.807, 2.05) is 36.9 Å². The summed E-state index contributed by atoms with van der Waals surface area (Å²) in [7, 11) is 0. The van der Waals surface area contributed by atoms with E-state index in [9.17, 15) is 9.59 Å². The molecule has 0 radical (unpaired) electrons. The highest BCUT2D eigenvalue weighted by Gasteiger charge is 2.21. The van der Waals surface area contributed by atoms with Crippen LogP contribution in [-0.4, -0.2) is 34.9 Å². The Bertz CT molecular complexity index is 637. The van der Waals surface area contributed by atoms with Gasteiger partial charge in [0.25, 0.3) is 5.91 Å². The van der Waals surface area contributed by atoms with Gasteiger partial charge in [0.05, 0.1) is 0 Å². The highest BCUT2D eigenvalue weighted by Crippen LogP contribution is 2.19. The van der Waals surface area contributed by atoms with Gasteiger partial charge in [0, 0.05) is 30.8 Å². The van der Waals surface area contributed by atoms with Gasteiger partial charge in [0.2, 0.25) is 5.91 Å². The number of piperidine rings is 1. The van der Waals surface area contributed by atoms with Gasteiger partial charge >= 0.3 is 0 Å². The first kappa shape index (κ1) is 19.4. The van der Waals surface area contributed by atoms with Gasteiger partial charge in [0.15, 0.2) is 5.11 Å². The van der Waals surface area contributed by atoms with Crippen molar-refractivity contribution >= 4 is 34.8 Å². The van der Waals surface area contributed by atoms with Crippen molar-refractivity contribution in [2.45, 2.75) is 40.0 Å². The SMILES string of the molecule is CC(C)CC(=O)NC(=S)Nc1cccc(C(=O)N2CCC(C)CC2)c1. The van der Waals surface area contributed by atoms with E-state index in [1.165, 1.54) is 0 Å². The molecule has 25 heavy (non-hydrogen) atoms. The Morgan fingerprint density at radius 3 is 2.60 bits per heavy atom. The van der Waals surface area contributed by atoms with Crippen LogP contribution in [0.5, 0.6) is 0 Å². The monoisotopic (exact) mass is 361 g/mol. The van der Waals surface area contributed by atoms with Crippen molar-refractivity contribution in [1.29, 1.82) is 0 Å². The van der Waals surface area contributed by atoms with Crippen LogP contribution in [-0.2, 0) is 4.79 Å². The average molecular weight is 362 g/mol. The van der Waals surface area contributed by atoms with Crippen molar-refractivity contribution in [3.63, 3.8) is 0 Å². The molecule has 2 N–H and O–H groups in total. The first-order valence-corrected chi connectivity index (χ1v) is 9.26. The van der Waals surface area contributed by atoms with Gasteiger partial charge in [-0.05, 0) is 55.1 Å². The summed E-state index contributed by atoms with van der Waals surface area (Å²) in [6.45, 7) is 7.79. The molecule has 1 saturated heterocycles. The highest BCUT2D eigenvalue weighted by molar-refractivity contribution is 7.80. The van der Waals surface area contributed by atoms with Crippen LogP contribution < -0.4 is 10.6 Å². The van der Waals surface area contributed by atoms with E-state index in [0.717, 1.165) is 25.9 Å². The van der Waals surface area contributed by atoms with Crippen LogP contribution in [0.2, 0.25) is 0 Å². The number of benzene rings is 1. The molecule has 6 heteroatoms. The Hall–Kier alpha value is -1.95. The first-order valence-electron chi connectivity index (χ1n) is 8.85. The number of anilines is 1. The number of thiocarbonyl (C=S) groups is 1. The number of nitrogens with one attached hydrogen (secondary N) is 2. The second kappa shape index (κ2) is 8.94. The number of hydrogen-bond donors (Lipinski definition) is 2. The summed E-state index contributed by atoms with van der Waals surface area (Å²) in [4.78, 5) is 26.3. The van der Waals surface area contributed by atoms with E-state index < -0.39 is 0 Å². The number of amides is 2. The van der Waals surface area contributed by atoms with Crippen LogP contribution in [0, 0.1) is 11.8 Å². The second-order valence-electron chi connectivity index (χ2n) is 7.16. The molecular formula is C19H27N3O2S. The van der Waals surface area contributed by atoms with Gasteiger partial charge in [-0.2, -0.15) is 0 Å². The third-order valence-electron chi connectivity index (χ3n) is 4.28. The van der Waals surface area contributed by atoms with E-state index >= 15 is 0 Å². The molecule has 5 nitrogen and oxygen atoms in total. The zero-order chi connectivity index (χ0) is 18.4. The summed E-state index contributed by atoms with van der Waals surface area (Å²) in [5.74, 6) is 0.896. The predicted molar refractivity (Wildman–Crippen MR) is 105 cm³/mol. The number of carbonyl (C=O) groups is 2. The number of hydrogen-bond acceptors (Lipinski definition) is 3. The lowest BCUT2D eigenvalue weighted by Crippen LogP contribution is -2.38. The Morgan fingerprint density at radius 1 is 1.28 bits per heavy atom. The summed E-state index contributed by atoms with van der Waals surface area (Å²) in [5.41, 5.74) is 1.34. The fourth-order valence-corrected chi connectivity index (χ4v) is 3.07. The van der Waals surface area contributed by atoms with Gasteiger partial charge in [-0.15, -0.1) is 0 Å². The number of carbonyl (C=O) groups excluding carboxylic acids is 2. The van der Waals surface area contributed by atoms with Crippen molar-refractivity contribution < 1.29 is 9.59 Å². The molecule has 1 heterocycles. The fourth-order valence-electron chi connectivity index (χ4n) is 2.84. The topological polar surface area (TPSA) is 61.4 Å². The van der Waals surface area contributed by atoms with E-state index in [1.54, 1.807) is 6.07 Å². The van der Waals surface area contributed by atoms with E-state index in [0.29, 0.717) is 23.6 Å². The lowest BCUT2D eigenvalue weighted by Gasteiger charge is -2.30. The maximum atomic E-state index is 12.6. The summed E-state index contributed by atoms with van der Waals surface area (Å²) in [6, 6.07) is 7.24. The number of likely N-dealkylation sites (tertiary alicyclic amines) is 1. The van der Waals surface area contributed by atoms with Gasteiger partial charge < -0.3 is 15.5 Å². The minimum Gasteiger partial charge on any atom is -0.339 e. The van der Waals surface area contributed by atoms with E-state index in [2.05, 4.69) is 17.6 Å². The van der Waals surface area contributed by atoms with Crippen molar-refractivity contribution in [3.8, 4) is 0 Å². The van der Waals surface area contributed by atoms with Crippen LogP contribution in [0.3, 0.4) is 0 Å². The largest absolute Gasteiger partial charge is 0.339 e. The molecule has 2 rings (SSSR count). The van der Waals surface area contributed by atoms with Gasteiger partial charge in [-0.1, -0.05) is 26.8 Å². The molecule has 0 aliphatic carbocycles. The Labute approximate surface area is 155 Å². The Balaban J connectivity index is 1.95. The smallest absolute Gasteiger partial charge is 0.253 e. The van der Waals surface area contributed by atoms with Gasteiger partial charge in [-0.3, -0.25) is 9.59 Å². The molecule has 1 aliphatic rings. The van der Waals surface area contributed by atoms with Crippen LogP contribution in [0.25, 0.3) is 0 Å². The maximum absolute atomic E-state index is 12.6. The van der Waals surface area contributed by atoms with E-state index in [-0.39, 0.29) is 22.8 Å². The molecule has 0 atom stereocenters. The zero-order valence-corrected chi connectivity index (χ0v) is 16.0. The third kappa shape index (κ3) is 6.12. The molecule has 2 amide bonds. The Kier molecular flexibility index (Phi) is 6.93. The van der Waals surface area contributed by atoms with Crippen LogP contribution >= 0.6 is 12.2 Å². The molecule has 0 bridgehead atoms. The van der Waals surface area contributed by atoms with E-state index in [4.69, 9.17) is 12.2 Å². The van der Waals surface area contributed by atoms with Crippen molar-refractivity contribution in [2.24, 2.45) is 11.8 Å². The van der Waals surface area contributed by atoms with Crippen LogP contribution in [0.4, 0.5) is 5.69 Å². The molecule has 0 aromatic heterocycles. The lowest BCUT2D eigenvalue weighted by molar-refractivity contribution is -0.120. The predicted octanol–water partition coefficient (Wildman–Crippen LogP) is 3.42. The van der Waals surface area contributed by atoms with Crippen molar-refractivity contribution in [2.75, 3.05) is 18.4 Å². The molecule has 1 fully saturated rings. The average Bonchev–Trinajstić information content (AvgIpc) is 2.54. The molecule has 0 saturated carbocycles. The molecular weight excluding hydrogens is 334 g/mol. The summed E-state index contributed by atoms with van der Waals surface area (Å²) >= 11 is 5.17. The molecule has 0 spiro atoms. The quantitative estimate of drug-likeness (QED) is 0.807. The minimum atomic E-state index is -0.109. The van der Waals surface area contributed by atoms with Crippen molar-refractivity contribution in [1.82, 2.24) is 10.2 Å². The Morgan fingerprint density at radius 2 is 1.96 bits per heavy atom. The van der Waals surface area contributed by atoms with Crippen LogP contribution in [0.15, 0.2) is 24.3 Å². The maximum Gasteiger partial charge on any atom is 0.253 e. The van der Waals surface area contributed by atoms with Crippen LogP contribution in [0.1, 0.15) is 50.4 Å². The lowest BCUT2D eigenvalue weighted by atomic mass is 9.98. The fraction of sp³-hybridized carbons (Fsp3) is 0.526. The normalized spacial score (nSPS) is 15.1. The standard InChI is InChI=1S/C19H27N3O2S/c1-13(2)11-17(23)21-19(25)20-16-6-4-5-15(12-16)18(24)22-9-7-14(3)8-10-22/h4-6,12-14H,7-11H2,1-3H3,(H2,20,21,23,25). The summed E-state index contributed by atoms with van der Waals surface area (Å²) < 4.78 is 0. The summed E-state index contributed by atoms with van der Waals surface area (Å²) in [6.07, 6.45) is 2.53. The van der Waals surface area contributed by atoms with Gasteiger partial charge in [-0.25, -0.2) is 0 Å².